The number of hydrogen-bond acceptors (Lipinski definition) is 2. The highest BCUT2D eigenvalue weighted by Gasteiger charge is 2.12. The van der Waals surface area contributed by atoms with E-state index in [1.165, 1.54) is 37.9 Å². The predicted molar refractivity (Wildman–Crippen MR) is 134 cm³/mol. The number of hydrogen-bond donors (Lipinski definition) is 0. The fourth-order valence-corrected chi connectivity index (χ4v) is 4.90. The summed E-state index contributed by atoms with van der Waals surface area (Å²) in [4.78, 5) is 9.57. The summed E-state index contributed by atoms with van der Waals surface area (Å²) in [5, 5.41) is 8.93. The van der Waals surface area contributed by atoms with E-state index in [0.717, 1.165) is 27.9 Å². The lowest BCUT2D eigenvalue weighted by Gasteiger charge is -2.14. The Morgan fingerprint density at radius 3 is 2.00 bits per heavy atom. The van der Waals surface area contributed by atoms with E-state index in [9.17, 15) is 0 Å². The van der Waals surface area contributed by atoms with Gasteiger partial charge in [0.2, 0.25) is 0 Å². The normalized spacial score (nSPS) is 11.8. The Labute approximate surface area is 185 Å². The molecule has 0 unspecified atom stereocenters. The predicted octanol–water partition coefficient (Wildman–Crippen LogP) is 7.86. The van der Waals surface area contributed by atoms with Gasteiger partial charge in [-0.15, -0.1) is 0 Å². The van der Waals surface area contributed by atoms with Crippen molar-refractivity contribution in [2.24, 2.45) is 0 Å². The van der Waals surface area contributed by atoms with Crippen molar-refractivity contribution in [2.45, 2.75) is 0 Å². The lowest BCUT2D eigenvalue weighted by Crippen LogP contribution is -1.90. The number of aromatic nitrogens is 2. The number of benzene rings is 5. The van der Waals surface area contributed by atoms with Crippen LogP contribution in [0.1, 0.15) is 0 Å². The molecule has 0 saturated carbocycles. The third-order valence-corrected chi connectivity index (χ3v) is 6.46. The number of fused-ring (bicyclic) bond motifs is 1. The molecule has 2 nitrogen and oxygen atoms in total. The SMILES string of the molecule is c1ccc2nc(-c3ccc(-c4ccc5ccc6cccc7ccc4c5c67)cn3)ccc2c1. The van der Waals surface area contributed by atoms with Gasteiger partial charge in [-0.05, 0) is 56.1 Å². The summed E-state index contributed by atoms with van der Waals surface area (Å²) >= 11 is 0. The Balaban J connectivity index is 1.38. The molecule has 0 radical (unpaired) electrons. The zero-order valence-electron chi connectivity index (χ0n) is 17.3. The molecule has 2 heteroatoms. The molecular weight excluding hydrogens is 388 g/mol. The molecule has 7 rings (SSSR count). The van der Waals surface area contributed by atoms with E-state index in [4.69, 9.17) is 9.97 Å². The molecule has 0 bridgehead atoms. The van der Waals surface area contributed by atoms with Crippen LogP contribution in [-0.4, -0.2) is 9.97 Å². The van der Waals surface area contributed by atoms with Crippen molar-refractivity contribution < 1.29 is 0 Å². The van der Waals surface area contributed by atoms with Crippen LogP contribution in [0.4, 0.5) is 0 Å². The second kappa shape index (κ2) is 6.60. The highest BCUT2D eigenvalue weighted by atomic mass is 14.8. The van der Waals surface area contributed by atoms with Crippen LogP contribution in [0.2, 0.25) is 0 Å². The fraction of sp³-hybridized carbons (Fsp3) is 0. The smallest absolute Gasteiger partial charge is 0.0893 e. The Bertz CT molecular complexity index is 1750. The summed E-state index contributed by atoms with van der Waals surface area (Å²) < 4.78 is 0. The molecule has 0 fully saturated rings. The highest BCUT2D eigenvalue weighted by molar-refractivity contribution is 6.25. The first-order valence-corrected chi connectivity index (χ1v) is 10.8. The summed E-state index contributed by atoms with van der Waals surface area (Å²) in [6.07, 6.45) is 1.97. The van der Waals surface area contributed by atoms with Gasteiger partial charge in [-0.1, -0.05) is 84.9 Å². The molecule has 2 heterocycles. The molecule has 0 amide bonds. The van der Waals surface area contributed by atoms with Crippen molar-refractivity contribution in [1.82, 2.24) is 9.97 Å². The summed E-state index contributed by atoms with van der Waals surface area (Å²) in [6, 6.07) is 36.4. The van der Waals surface area contributed by atoms with Gasteiger partial charge < -0.3 is 0 Å². The van der Waals surface area contributed by atoms with Crippen LogP contribution in [0, 0.1) is 0 Å². The third kappa shape index (κ3) is 2.53. The average molecular weight is 406 g/mol. The maximum absolute atomic E-state index is 4.79. The molecule has 0 aliphatic carbocycles. The van der Waals surface area contributed by atoms with Gasteiger partial charge in [0.05, 0.1) is 16.9 Å². The van der Waals surface area contributed by atoms with Gasteiger partial charge in [0.25, 0.3) is 0 Å². The molecule has 0 aliphatic heterocycles. The van der Waals surface area contributed by atoms with Gasteiger partial charge in [0, 0.05) is 17.1 Å². The Morgan fingerprint density at radius 2 is 1.16 bits per heavy atom. The molecule has 0 saturated heterocycles. The van der Waals surface area contributed by atoms with Crippen LogP contribution in [-0.2, 0) is 0 Å². The first-order valence-electron chi connectivity index (χ1n) is 10.8. The maximum Gasteiger partial charge on any atom is 0.0893 e. The van der Waals surface area contributed by atoms with Gasteiger partial charge in [-0.2, -0.15) is 0 Å². The van der Waals surface area contributed by atoms with E-state index in [1.54, 1.807) is 0 Å². The van der Waals surface area contributed by atoms with E-state index >= 15 is 0 Å². The van der Waals surface area contributed by atoms with E-state index in [1.807, 2.05) is 30.5 Å². The zero-order valence-corrected chi connectivity index (χ0v) is 17.3. The second-order valence-corrected chi connectivity index (χ2v) is 8.29. The van der Waals surface area contributed by atoms with Gasteiger partial charge in [-0.25, -0.2) is 4.98 Å². The quantitative estimate of drug-likeness (QED) is 0.273. The standard InChI is InChI=1S/C30H18N2/c1-2-7-26-19(4-1)12-17-28(32-26)27-16-13-23(18-31-27)24-14-10-22-9-8-20-5-3-6-21-11-15-25(24)30(22)29(20)21/h1-18H. The largest absolute Gasteiger partial charge is 0.254 e. The molecule has 7 aromatic rings. The van der Waals surface area contributed by atoms with Gasteiger partial charge in [-0.3, -0.25) is 4.98 Å². The van der Waals surface area contributed by atoms with Crippen LogP contribution in [0.25, 0.3) is 65.7 Å². The van der Waals surface area contributed by atoms with E-state index < -0.39 is 0 Å². The number of pyridine rings is 2. The third-order valence-electron chi connectivity index (χ3n) is 6.46. The molecule has 148 valence electrons. The molecule has 5 aromatic carbocycles. The average Bonchev–Trinajstić information content (AvgIpc) is 2.87. The molecule has 0 spiro atoms. The van der Waals surface area contributed by atoms with Crippen LogP contribution in [0.5, 0.6) is 0 Å². The highest BCUT2D eigenvalue weighted by Crippen LogP contribution is 2.39. The van der Waals surface area contributed by atoms with E-state index in [-0.39, 0.29) is 0 Å². The van der Waals surface area contributed by atoms with Crippen LogP contribution in [0.3, 0.4) is 0 Å². The van der Waals surface area contributed by atoms with Gasteiger partial charge >= 0.3 is 0 Å². The molecule has 32 heavy (non-hydrogen) atoms. The van der Waals surface area contributed by atoms with Gasteiger partial charge in [0.1, 0.15) is 0 Å². The molecule has 2 aromatic heterocycles. The fourth-order valence-electron chi connectivity index (χ4n) is 4.90. The minimum Gasteiger partial charge on any atom is -0.254 e. The molecular formula is C30H18N2. The van der Waals surface area contributed by atoms with Crippen LogP contribution in [0.15, 0.2) is 109 Å². The monoisotopic (exact) mass is 406 g/mol. The van der Waals surface area contributed by atoms with E-state index in [0.29, 0.717) is 0 Å². The summed E-state index contributed by atoms with van der Waals surface area (Å²) in [5.74, 6) is 0. The first kappa shape index (κ1) is 17.4. The molecule has 0 aliphatic rings. The summed E-state index contributed by atoms with van der Waals surface area (Å²) in [7, 11) is 0. The van der Waals surface area contributed by atoms with Crippen LogP contribution >= 0.6 is 0 Å². The van der Waals surface area contributed by atoms with Crippen molar-refractivity contribution in [3.05, 3.63) is 109 Å². The van der Waals surface area contributed by atoms with Crippen molar-refractivity contribution in [3.8, 4) is 22.5 Å². The minimum atomic E-state index is 0.886. The topological polar surface area (TPSA) is 25.8 Å². The second-order valence-electron chi connectivity index (χ2n) is 8.29. The lowest BCUT2D eigenvalue weighted by atomic mass is 9.90. The number of para-hydroxylation sites is 1. The molecule has 0 N–H and O–H groups in total. The Hall–Kier alpha value is -4.30. The Kier molecular flexibility index (Phi) is 3.58. The lowest BCUT2D eigenvalue weighted by molar-refractivity contribution is 1.28. The maximum atomic E-state index is 4.79. The number of rotatable bonds is 2. The zero-order chi connectivity index (χ0) is 21.1. The van der Waals surface area contributed by atoms with Crippen molar-refractivity contribution in [1.29, 1.82) is 0 Å². The molecule has 0 atom stereocenters. The van der Waals surface area contributed by atoms with E-state index in [2.05, 4.69) is 78.9 Å². The summed E-state index contributed by atoms with van der Waals surface area (Å²) in [6.45, 7) is 0. The Morgan fingerprint density at radius 1 is 0.469 bits per heavy atom. The van der Waals surface area contributed by atoms with Crippen molar-refractivity contribution in [2.75, 3.05) is 0 Å². The van der Waals surface area contributed by atoms with Gasteiger partial charge in [0.15, 0.2) is 0 Å². The number of nitrogens with zero attached hydrogens (tertiary/aromatic N) is 2. The first-order chi connectivity index (χ1) is 15.8. The van der Waals surface area contributed by atoms with Crippen LogP contribution < -0.4 is 0 Å². The van der Waals surface area contributed by atoms with Crippen molar-refractivity contribution in [3.63, 3.8) is 0 Å². The minimum absolute atomic E-state index is 0.886. The summed E-state index contributed by atoms with van der Waals surface area (Å²) in [5.41, 5.74) is 5.10. The van der Waals surface area contributed by atoms with Crippen molar-refractivity contribution >= 4 is 43.2 Å².